The van der Waals surface area contributed by atoms with Crippen LogP contribution in [0.2, 0.25) is 0 Å². The predicted octanol–water partition coefficient (Wildman–Crippen LogP) is 0.952. The number of amides is 2. The van der Waals surface area contributed by atoms with Crippen LogP contribution >= 0.6 is 0 Å². The van der Waals surface area contributed by atoms with Gasteiger partial charge in [0.25, 0.3) is 5.91 Å². The van der Waals surface area contributed by atoms with E-state index in [1.54, 1.807) is 24.0 Å². The lowest BCUT2D eigenvalue weighted by Crippen LogP contribution is -2.50. The molecule has 2 rings (SSSR count). The molecule has 1 heterocycles. The minimum absolute atomic E-state index is 0.0287. The average molecular weight is 485 g/mol. The summed E-state index contributed by atoms with van der Waals surface area (Å²) in [5.41, 5.74) is 0.591. The second kappa shape index (κ2) is 11.2. The van der Waals surface area contributed by atoms with E-state index in [4.69, 9.17) is 9.47 Å². The Labute approximate surface area is 196 Å². The predicted molar refractivity (Wildman–Crippen MR) is 127 cm³/mol. The van der Waals surface area contributed by atoms with Crippen LogP contribution in [-0.2, 0) is 19.6 Å². The Morgan fingerprint density at radius 2 is 1.94 bits per heavy atom. The largest absolute Gasteiger partial charge is 0.491 e. The number of nitrogens with zero attached hydrogens (tertiary/aromatic N) is 3. The third-order valence-corrected chi connectivity index (χ3v) is 6.13. The number of likely N-dealkylation sites (N-methyl/N-ethyl adjacent to an activating group) is 2. The molecule has 0 saturated carbocycles. The Kier molecular flexibility index (Phi) is 9.10. The summed E-state index contributed by atoms with van der Waals surface area (Å²) in [6.45, 7) is 5.05. The lowest BCUT2D eigenvalue weighted by atomic mass is 10.0. The van der Waals surface area contributed by atoms with Gasteiger partial charge >= 0.3 is 0 Å². The van der Waals surface area contributed by atoms with Crippen LogP contribution in [0.4, 0.5) is 5.69 Å². The van der Waals surface area contributed by atoms with E-state index in [1.165, 1.54) is 18.2 Å². The van der Waals surface area contributed by atoms with Crippen molar-refractivity contribution < 1.29 is 27.5 Å². The number of carbonyl (C=O) groups excluding carboxylic acids is 2. The van der Waals surface area contributed by atoms with Gasteiger partial charge in [0.15, 0.2) is 0 Å². The van der Waals surface area contributed by atoms with E-state index in [9.17, 15) is 18.0 Å². The third-order valence-electron chi connectivity index (χ3n) is 5.52. The second-order valence-electron chi connectivity index (χ2n) is 8.97. The van der Waals surface area contributed by atoms with E-state index in [2.05, 4.69) is 4.72 Å². The summed E-state index contributed by atoms with van der Waals surface area (Å²) in [4.78, 5) is 31.3. The van der Waals surface area contributed by atoms with Gasteiger partial charge in [-0.25, -0.2) is 8.42 Å². The number of sulfonamides is 1. The Balaban J connectivity index is 2.47. The molecule has 10 nitrogen and oxygen atoms in total. The maximum Gasteiger partial charge on any atom is 0.257 e. The van der Waals surface area contributed by atoms with Crippen molar-refractivity contribution in [1.29, 1.82) is 0 Å². The fourth-order valence-electron chi connectivity index (χ4n) is 3.76. The minimum atomic E-state index is -3.50. The van der Waals surface area contributed by atoms with Gasteiger partial charge in [0.2, 0.25) is 15.9 Å². The van der Waals surface area contributed by atoms with Crippen molar-refractivity contribution in [2.75, 3.05) is 65.5 Å². The molecule has 0 spiro atoms. The summed E-state index contributed by atoms with van der Waals surface area (Å²) in [5, 5.41) is 0. The average Bonchev–Trinajstić information content (AvgIpc) is 2.70. The number of carbonyl (C=O) groups is 2. The van der Waals surface area contributed by atoms with Crippen LogP contribution in [-0.4, -0.2) is 108 Å². The van der Waals surface area contributed by atoms with E-state index in [1.807, 2.05) is 32.8 Å². The van der Waals surface area contributed by atoms with Gasteiger partial charge in [-0.15, -0.1) is 0 Å². The topological polar surface area (TPSA) is 108 Å². The molecule has 2 amide bonds. The summed E-state index contributed by atoms with van der Waals surface area (Å²) in [5.74, 6) is -0.0834. The van der Waals surface area contributed by atoms with Gasteiger partial charge in [-0.05, 0) is 33.2 Å². The van der Waals surface area contributed by atoms with Gasteiger partial charge in [-0.3, -0.25) is 14.3 Å². The molecule has 1 aliphatic heterocycles. The zero-order valence-corrected chi connectivity index (χ0v) is 21.3. The third kappa shape index (κ3) is 7.58. The summed E-state index contributed by atoms with van der Waals surface area (Å²) in [6.07, 6.45) is 0.769. The van der Waals surface area contributed by atoms with Gasteiger partial charge in [0, 0.05) is 39.2 Å². The van der Waals surface area contributed by atoms with Crippen molar-refractivity contribution in [3.8, 4) is 5.75 Å². The summed E-state index contributed by atoms with van der Waals surface area (Å²) in [7, 11) is 3.45. The molecule has 0 bridgehead atoms. The maximum atomic E-state index is 13.2. The van der Waals surface area contributed by atoms with Crippen molar-refractivity contribution >= 4 is 27.5 Å². The summed E-state index contributed by atoms with van der Waals surface area (Å²) >= 11 is 0. The van der Waals surface area contributed by atoms with Gasteiger partial charge in [-0.1, -0.05) is 6.92 Å². The first-order valence-corrected chi connectivity index (χ1v) is 12.7. The molecule has 1 aromatic carbocycles. The molecule has 0 unspecified atom stereocenters. The number of hydrogen-bond donors (Lipinski definition) is 1. The highest BCUT2D eigenvalue weighted by molar-refractivity contribution is 7.92. The molecule has 1 aromatic rings. The zero-order valence-electron chi connectivity index (χ0n) is 20.5. The van der Waals surface area contributed by atoms with Crippen molar-refractivity contribution in [3.05, 3.63) is 23.8 Å². The Hall–Kier alpha value is -2.37. The Bertz CT molecular complexity index is 952. The molecule has 11 heteroatoms. The van der Waals surface area contributed by atoms with E-state index < -0.39 is 10.0 Å². The van der Waals surface area contributed by atoms with Gasteiger partial charge in [0.1, 0.15) is 12.4 Å². The smallest absolute Gasteiger partial charge is 0.257 e. The SMILES string of the molecule is CO[C@@H]1CN(C)C(=O)c2ccc(NS(C)(=O)=O)cc2OC[C@H](C)N(C(=O)CN(C)C)C[C@@H]1C. The number of anilines is 1. The molecule has 3 atom stereocenters. The fraction of sp³-hybridized carbons (Fsp3) is 0.636. The van der Waals surface area contributed by atoms with E-state index in [-0.39, 0.29) is 54.5 Å². The number of ether oxygens (including phenoxy) is 2. The van der Waals surface area contributed by atoms with Crippen molar-refractivity contribution in [3.63, 3.8) is 0 Å². The number of methoxy groups -OCH3 is 1. The first-order valence-electron chi connectivity index (χ1n) is 10.8. The highest BCUT2D eigenvalue weighted by Gasteiger charge is 2.30. The van der Waals surface area contributed by atoms with E-state index >= 15 is 0 Å². The Morgan fingerprint density at radius 3 is 2.52 bits per heavy atom. The number of nitrogens with one attached hydrogen (secondary N) is 1. The first-order chi connectivity index (χ1) is 15.3. The van der Waals surface area contributed by atoms with Crippen LogP contribution in [0.5, 0.6) is 5.75 Å². The molecule has 0 fully saturated rings. The van der Waals surface area contributed by atoms with Crippen LogP contribution in [0.1, 0.15) is 24.2 Å². The van der Waals surface area contributed by atoms with Crippen LogP contribution in [0.15, 0.2) is 18.2 Å². The van der Waals surface area contributed by atoms with Crippen molar-refractivity contribution in [2.45, 2.75) is 26.0 Å². The molecule has 33 heavy (non-hydrogen) atoms. The normalized spacial score (nSPS) is 22.8. The molecule has 0 aliphatic carbocycles. The number of hydrogen-bond acceptors (Lipinski definition) is 7. The first kappa shape index (κ1) is 26.9. The lowest BCUT2D eigenvalue weighted by molar-refractivity contribution is -0.136. The van der Waals surface area contributed by atoms with Crippen LogP contribution in [0, 0.1) is 5.92 Å². The quantitative estimate of drug-likeness (QED) is 0.663. The van der Waals surface area contributed by atoms with Gasteiger partial charge < -0.3 is 24.2 Å². The van der Waals surface area contributed by atoms with Crippen LogP contribution < -0.4 is 9.46 Å². The van der Waals surface area contributed by atoms with Crippen molar-refractivity contribution in [1.82, 2.24) is 14.7 Å². The van der Waals surface area contributed by atoms with Gasteiger partial charge in [0.05, 0.1) is 36.2 Å². The lowest BCUT2D eigenvalue weighted by Gasteiger charge is -2.36. The highest BCUT2D eigenvalue weighted by atomic mass is 32.2. The van der Waals surface area contributed by atoms with Gasteiger partial charge in [-0.2, -0.15) is 0 Å². The fourth-order valence-corrected chi connectivity index (χ4v) is 4.31. The Morgan fingerprint density at radius 1 is 1.27 bits per heavy atom. The monoisotopic (exact) mass is 484 g/mol. The van der Waals surface area contributed by atoms with Crippen molar-refractivity contribution in [2.24, 2.45) is 5.92 Å². The van der Waals surface area contributed by atoms with E-state index in [0.29, 0.717) is 18.7 Å². The number of benzene rings is 1. The summed E-state index contributed by atoms with van der Waals surface area (Å²) < 4.78 is 37.4. The van der Waals surface area contributed by atoms with Crippen LogP contribution in [0.25, 0.3) is 0 Å². The summed E-state index contributed by atoms with van der Waals surface area (Å²) in [6, 6.07) is 4.26. The minimum Gasteiger partial charge on any atom is -0.491 e. The maximum absolute atomic E-state index is 13.2. The second-order valence-corrected chi connectivity index (χ2v) is 10.7. The molecule has 1 aliphatic rings. The van der Waals surface area contributed by atoms with Crippen LogP contribution in [0.3, 0.4) is 0 Å². The molecule has 186 valence electrons. The standard InChI is InChI=1S/C22H36N4O6S/c1-15-11-26(21(27)13-24(3)4)16(2)14-32-19-10-17(23-33(7,29)30)8-9-18(19)22(28)25(5)12-20(15)31-6/h8-10,15-16,20,23H,11-14H2,1-7H3/t15-,16-,20+/m0/s1. The molecule has 1 N–H and O–H groups in total. The zero-order chi connectivity index (χ0) is 24.9. The molecule has 0 radical (unpaired) electrons. The molecular formula is C22H36N4O6S. The van der Waals surface area contributed by atoms with E-state index in [0.717, 1.165) is 6.26 Å². The molecule has 0 saturated heterocycles. The molecule has 0 aromatic heterocycles. The number of rotatable bonds is 5. The number of fused-ring (bicyclic) bond motifs is 1. The molecular weight excluding hydrogens is 448 g/mol. The highest BCUT2D eigenvalue weighted by Crippen LogP contribution is 2.27.